The molecule has 15 heavy (non-hydrogen) atoms. The Morgan fingerprint density at radius 2 is 1.87 bits per heavy atom. The van der Waals surface area contributed by atoms with Gasteiger partial charge in [-0.2, -0.15) is 13.2 Å². The highest BCUT2D eigenvalue weighted by Crippen LogP contribution is 2.34. The van der Waals surface area contributed by atoms with Gasteiger partial charge >= 0.3 is 6.18 Å². The number of benzene rings is 1. The molecule has 0 bridgehead atoms. The normalized spacial score (nSPS) is 11.9. The maximum absolute atomic E-state index is 12.3. The summed E-state index contributed by atoms with van der Waals surface area (Å²) >= 11 is 0. The molecular formula is C10H12F3NO. The van der Waals surface area contributed by atoms with E-state index in [1.807, 2.05) is 0 Å². The van der Waals surface area contributed by atoms with Gasteiger partial charge in [0.15, 0.2) is 0 Å². The molecule has 0 aliphatic rings. The van der Waals surface area contributed by atoms with E-state index in [1.165, 1.54) is 6.07 Å². The minimum Gasteiger partial charge on any atom is -0.489 e. The van der Waals surface area contributed by atoms with E-state index in [9.17, 15) is 13.2 Å². The number of ether oxygens (including phenoxy) is 1. The molecule has 0 heterocycles. The highest BCUT2D eigenvalue weighted by molar-refractivity contribution is 5.54. The summed E-state index contributed by atoms with van der Waals surface area (Å²) in [5.74, 6) is 0.0693. The van der Waals surface area contributed by atoms with Crippen LogP contribution in [-0.2, 0) is 6.18 Å². The van der Waals surface area contributed by atoms with Crippen molar-refractivity contribution >= 4 is 5.69 Å². The molecule has 0 aliphatic heterocycles. The smallest absolute Gasteiger partial charge is 0.416 e. The van der Waals surface area contributed by atoms with E-state index < -0.39 is 11.7 Å². The lowest BCUT2D eigenvalue weighted by molar-refractivity contribution is -0.137. The van der Waals surface area contributed by atoms with Crippen LogP contribution in [0.15, 0.2) is 18.2 Å². The second-order valence-electron chi connectivity index (χ2n) is 3.42. The fourth-order valence-corrected chi connectivity index (χ4v) is 1.07. The van der Waals surface area contributed by atoms with Gasteiger partial charge in [-0.15, -0.1) is 0 Å². The molecule has 0 unspecified atom stereocenters. The van der Waals surface area contributed by atoms with Crippen LogP contribution in [0.4, 0.5) is 18.9 Å². The molecule has 5 heteroatoms. The number of nitrogens with two attached hydrogens (primary N) is 1. The Bertz CT molecular complexity index is 347. The molecular weight excluding hydrogens is 207 g/mol. The molecule has 1 aromatic carbocycles. The van der Waals surface area contributed by atoms with Crippen LogP contribution < -0.4 is 10.5 Å². The van der Waals surface area contributed by atoms with Crippen LogP contribution >= 0.6 is 0 Å². The zero-order chi connectivity index (χ0) is 11.6. The van der Waals surface area contributed by atoms with Gasteiger partial charge in [0.2, 0.25) is 0 Å². The minimum absolute atomic E-state index is 0.0693. The largest absolute Gasteiger partial charge is 0.489 e. The van der Waals surface area contributed by atoms with Crippen molar-refractivity contribution in [2.75, 3.05) is 5.73 Å². The monoisotopic (exact) mass is 219 g/mol. The summed E-state index contributed by atoms with van der Waals surface area (Å²) in [5.41, 5.74) is 4.94. The van der Waals surface area contributed by atoms with E-state index >= 15 is 0 Å². The van der Waals surface area contributed by atoms with Gasteiger partial charge in [0.25, 0.3) is 0 Å². The summed E-state index contributed by atoms with van der Waals surface area (Å²) in [5, 5.41) is 0. The van der Waals surface area contributed by atoms with Crippen LogP contribution in [0.5, 0.6) is 5.75 Å². The fraction of sp³-hybridized carbons (Fsp3) is 0.400. The maximum atomic E-state index is 12.3. The number of nitrogen functional groups attached to an aromatic ring is 1. The minimum atomic E-state index is -4.37. The maximum Gasteiger partial charge on any atom is 0.416 e. The number of rotatable bonds is 2. The van der Waals surface area contributed by atoms with E-state index in [2.05, 4.69) is 0 Å². The predicted octanol–water partition coefficient (Wildman–Crippen LogP) is 3.07. The molecule has 0 atom stereocenters. The lowest BCUT2D eigenvalue weighted by Gasteiger charge is -2.14. The van der Waals surface area contributed by atoms with E-state index in [1.54, 1.807) is 13.8 Å². The summed E-state index contributed by atoms with van der Waals surface area (Å²) in [4.78, 5) is 0. The van der Waals surface area contributed by atoms with Gasteiger partial charge in [-0.05, 0) is 32.0 Å². The molecule has 1 aromatic rings. The van der Waals surface area contributed by atoms with Crippen molar-refractivity contribution in [2.45, 2.75) is 26.1 Å². The van der Waals surface area contributed by atoms with Crippen molar-refractivity contribution in [3.8, 4) is 5.75 Å². The third kappa shape index (κ3) is 3.04. The average molecular weight is 219 g/mol. The van der Waals surface area contributed by atoms with Crippen LogP contribution in [0.2, 0.25) is 0 Å². The standard InChI is InChI=1S/C10H12F3NO/c1-6(2)15-9-5-7(10(11,12)13)3-4-8(9)14/h3-6H,14H2,1-2H3. The summed E-state index contributed by atoms with van der Waals surface area (Å²) in [6.45, 7) is 3.44. The van der Waals surface area contributed by atoms with Crippen LogP contribution in [0.25, 0.3) is 0 Å². The molecule has 0 aliphatic carbocycles. The van der Waals surface area contributed by atoms with Crippen molar-refractivity contribution in [2.24, 2.45) is 0 Å². The predicted molar refractivity (Wildman–Crippen MR) is 51.6 cm³/mol. The zero-order valence-electron chi connectivity index (χ0n) is 8.43. The van der Waals surface area contributed by atoms with Gasteiger partial charge in [-0.3, -0.25) is 0 Å². The van der Waals surface area contributed by atoms with Crippen molar-refractivity contribution in [1.82, 2.24) is 0 Å². The fourth-order valence-electron chi connectivity index (χ4n) is 1.07. The second-order valence-corrected chi connectivity index (χ2v) is 3.42. The molecule has 0 amide bonds. The summed E-state index contributed by atoms with van der Waals surface area (Å²) in [7, 11) is 0. The summed E-state index contributed by atoms with van der Waals surface area (Å²) in [6.07, 6.45) is -4.58. The zero-order valence-corrected chi connectivity index (χ0v) is 8.43. The SMILES string of the molecule is CC(C)Oc1cc(C(F)(F)F)ccc1N. The molecule has 0 saturated carbocycles. The number of hydrogen-bond donors (Lipinski definition) is 1. The molecule has 0 saturated heterocycles. The first kappa shape index (κ1) is 11.7. The van der Waals surface area contributed by atoms with Crippen LogP contribution in [0, 0.1) is 0 Å². The molecule has 1 rings (SSSR count). The van der Waals surface area contributed by atoms with Gasteiger partial charge < -0.3 is 10.5 Å². The van der Waals surface area contributed by atoms with Crippen molar-refractivity contribution in [1.29, 1.82) is 0 Å². The van der Waals surface area contributed by atoms with E-state index in [0.717, 1.165) is 12.1 Å². The molecule has 2 nitrogen and oxygen atoms in total. The highest BCUT2D eigenvalue weighted by atomic mass is 19.4. The van der Waals surface area contributed by atoms with E-state index in [0.29, 0.717) is 0 Å². The van der Waals surface area contributed by atoms with Crippen LogP contribution in [0.1, 0.15) is 19.4 Å². The molecule has 0 spiro atoms. The van der Waals surface area contributed by atoms with Crippen molar-refractivity contribution in [3.63, 3.8) is 0 Å². The number of hydrogen-bond acceptors (Lipinski definition) is 2. The topological polar surface area (TPSA) is 35.2 Å². The highest BCUT2D eigenvalue weighted by Gasteiger charge is 2.31. The lowest BCUT2D eigenvalue weighted by Crippen LogP contribution is -2.10. The summed E-state index contributed by atoms with van der Waals surface area (Å²) in [6, 6.07) is 3.04. The first-order valence-electron chi connectivity index (χ1n) is 4.44. The molecule has 84 valence electrons. The van der Waals surface area contributed by atoms with E-state index in [-0.39, 0.29) is 17.5 Å². The van der Waals surface area contributed by atoms with Gasteiger partial charge in [0.1, 0.15) is 5.75 Å². The molecule has 0 aromatic heterocycles. The third-order valence-corrected chi connectivity index (χ3v) is 1.70. The lowest BCUT2D eigenvalue weighted by atomic mass is 10.2. The number of alkyl halides is 3. The molecule has 2 N–H and O–H groups in total. The number of anilines is 1. The van der Waals surface area contributed by atoms with E-state index in [4.69, 9.17) is 10.5 Å². The van der Waals surface area contributed by atoms with Gasteiger partial charge in [0.05, 0.1) is 17.4 Å². The van der Waals surface area contributed by atoms with Crippen LogP contribution in [0.3, 0.4) is 0 Å². The first-order valence-corrected chi connectivity index (χ1v) is 4.44. The quantitative estimate of drug-likeness (QED) is 0.776. The Hall–Kier alpha value is -1.39. The van der Waals surface area contributed by atoms with Crippen LogP contribution in [-0.4, -0.2) is 6.10 Å². The second kappa shape index (κ2) is 4.00. The van der Waals surface area contributed by atoms with Gasteiger partial charge in [-0.1, -0.05) is 0 Å². The Morgan fingerprint density at radius 1 is 1.27 bits per heavy atom. The number of halogens is 3. The third-order valence-electron chi connectivity index (χ3n) is 1.70. The molecule has 0 fully saturated rings. The van der Waals surface area contributed by atoms with Gasteiger partial charge in [0, 0.05) is 0 Å². The Balaban J connectivity index is 3.06. The Labute approximate surface area is 85.8 Å². The van der Waals surface area contributed by atoms with Crippen molar-refractivity contribution in [3.05, 3.63) is 23.8 Å². The summed E-state index contributed by atoms with van der Waals surface area (Å²) < 4.78 is 42.2. The van der Waals surface area contributed by atoms with Gasteiger partial charge in [-0.25, -0.2) is 0 Å². The Morgan fingerprint density at radius 3 is 2.33 bits per heavy atom. The molecule has 0 radical (unpaired) electrons. The van der Waals surface area contributed by atoms with Crippen molar-refractivity contribution < 1.29 is 17.9 Å². The average Bonchev–Trinajstić information content (AvgIpc) is 2.06. The first-order chi connectivity index (χ1) is 6.80. The Kier molecular flexibility index (Phi) is 3.12.